The molecule has 2 rings (SSSR count). The molecule has 0 radical (unpaired) electrons. The van der Waals surface area contributed by atoms with Crippen LogP contribution in [0.15, 0.2) is 16.5 Å². The summed E-state index contributed by atoms with van der Waals surface area (Å²) in [5, 5.41) is 3.39. The van der Waals surface area contributed by atoms with E-state index in [4.69, 9.17) is 4.42 Å². The number of fused-ring (bicyclic) bond motifs is 1. The van der Waals surface area contributed by atoms with Crippen LogP contribution < -0.4 is 5.32 Å². The summed E-state index contributed by atoms with van der Waals surface area (Å²) in [5.74, 6) is 0.772. The number of nitrogens with one attached hydrogen (secondary N) is 1. The molecule has 1 atom stereocenters. The predicted molar refractivity (Wildman–Crippen MR) is 70.1 cm³/mol. The summed E-state index contributed by atoms with van der Waals surface area (Å²) in [7, 11) is 0. The zero-order chi connectivity index (χ0) is 12.4. The fraction of sp³-hybridized carbons (Fsp3) is 0.500. The van der Waals surface area contributed by atoms with E-state index in [-0.39, 0.29) is 0 Å². The summed E-state index contributed by atoms with van der Waals surface area (Å²) in [4.78, 5) is 4.51. The van der Waals surface area contributed by atoms with Crippen molar-refractivity contribution in [3.8, 4) is 0 Å². The van der Waals surface area contributed by atoms with E-state index in [1.54, 1.807) is 0 Å². The summed E-state index contributed by atoms with van der Waals surface area (Å²) in [6, 6.07) is 4.69. The lowest BCUT2D eigenvalue weighted by atomic mass is 10.1. The van der Waals surface area contributed by atoms with Crippen molar-refractivity contribution in [1.29, 1.82) is 0 Å². The van der Waals surface area contributed by atoms with Gasteiger partial charge in [0.1, 0.15) is 5.52 Å². The van der Waals surface area contributed by atoms with Gasteiger partial charge in [0.2, 0.25) is 5.89 Å². The Hall–Kier alpha value is -1.35. The van der Waals surface area contributed by atoms with Gasteiger partial charge >= 0.3 is 0 Å². The maximum absolute atomic E-state index is 5.78. The fourth-order valence-electron chi connectivity index (χ4n) is 1.90. The molecular formula is C14H20N2O. The third-order valence-electron chi connectivity index (χ3n) is 3.08. The molecule has 0 aliphatic heterocycles. The van der Waals surface area contributed by atoms with Crippen molar-refractivity contribution in [2.24, 2.45) is 0 Å². The predicted octanol–water partition coefficient (Wildman–Crippen LogP) is 3.33. The largest absolute Gasteiger partial charge is 0.439 e. The maximum Gasteiger partial charge on any atom is 0.209 e. The summed E-state index contributed by atoms with van der Waals surface area (Å²) in [6.07, 6.45) is 1.11. The molecule has 0 saturated carbocycles. The number of aromatic nitrogens is 1. The average molecular weight is 232 g/mol. The van der Waals surface area contributed by atoms with E-state index in [0.717, 1.165) is 29.0 Å². The molecular weight excluding hydrogens is 212 g/mol. The Morgan fingerprint density at radius 3 is 2.82 bits per heavy atom. The van der Waals surface area contributed by atoms with Crippen molar-refractivity contribution in [1.82, 2.24) is 10.3 Å². The highest BCUT2D eigenvalue weighted by atomic mass is 16.3. The molecule has 0 fully saturated rings. The van der Waals surface area contributed by atoms with Gasteiger partial charge in [-0.15, -0.1) is 0 Å². The van der Waals surface area contributed by atoms with E-state index in [2.05, 4.69) is 50.1 Å². The van der Waals surface area contributed by atoms with Crippen molar-refractivity contribution in [2.45, 2.75) is 46.7 Å². The highest BCUT2D eigenvalue weighted by molar-refractivity contribution is 5.77. The molecule has 1 N–H and O–H groups in total. The highest BCUT2D eigenvalue weighted by Gasteiger charge is 2.09. The molecule has 0 bridgehead atoms. The van der Waals surface area contributed by atoms with E-state index in [1.807, 2.05) is 0 Å². The van der Waals surface area contributed by atoms with E-state index in [9.17, 15) is 0 Å². The smallest absolute Gasteiger partial charge is 0.209 e. The third-order valence-corrected chi connectivity index (χ3v) is 3.08. The molecule has 0 spiro atoms. The van der Waals surface area contributed by atoms with Crippen LogP contribution in [0.1, 0.15) is 37.3 Å². The Balaban J connectivity index is 2.23. The van der Waals surface area contributed by atoms with Gasteiger partial charge in [-0.25, -0.2) is 4.98 Å². The Labute approximate surface area is 102 Å². The molecule has 1 unspecified atom stereocenters. The zero-order valence-corrected chi connectivity index (χ0v) is 11.0. The van der Waals surface area contributed by atoms with E-state index < -0.39 is 0 Å². The Bertz CT molecular complexity index is 516. The van der Waals surface area contributed by atoms with Crippen molar-refractivity contribution in [3.63, 3.8) is 0 Å². The van der Waals surface area contributed by atoms with Crippen LogP contribution in [0.5, 0.6) is 0 Å². The van der Waals surface area contributed by atoms with Crippen LogP contribution in [-0.2, 0) is 6.54 Å². The zero-order valence-electron chi connectivity index (χ0n) is 11.0. The van der Waals surface area contributed by atoms with Crippen LogP contribution in [-0.4, -0.2) is 11.0 Å². The number of hydrogen-bond acceptors (Lipinski definition) is 3. The van der Waals surface area contributed by atoms with Crippen LogP contribution in [0.2, 0.25) is 0 Å². The van der Waals surface area contributed by atoms with Crippen LogP contribution in [0.25, 0.3) is 11.1 Å². The normalized spacial score (nSPS) is 13.2. The van der Waals surface area contributed by atoms with Gasteiger partial charge in [0, 0.05) is 6.04 Å². The van der Waals surface area contributed by atoms with Gasteiger partial charge in [-0.1, -0.05) is 13.0 Å². The lowest BCUT2D eigenvalue weighted by Gasteiger charge is -2.07. The molecule has 1 heterocycles. The molecule has 1 aromatic heterocycles. The second-order valence-electron chi connectivity index (χ2n) is 4.73. The van der Waals surface area contributed by atoms with Crippen LogP contribution in [0, 0.1) is 13.8 Å². The van der Waals surface area contributed by atoms with Gasteiger partial charge in [-0.3, -0.25) is 0 Å². The SMILES string of the molecule is CCC(C)NCc1nc2cc(C)cc(C)c2o1. The number of oxazole rings is 1. The molecule has 0 aliphatic carbocycles. The molecule has 92 valence electrons. The minimum Gasteiger partial charge on any atom is -0.439 e. The molecule has 3 heteroatoms. The van der Waals surface area contributed by atoms with Crippen molar-refractivity contribution < 1.29 is 4.42 Å². The first-order chi connectivity index (χ1) is 8.10. The van der Waals surface area contributed by atoms with Gasteiger partial charge in [0.05, 0.1) is 6.54 Å². The monoisotopic (exact) mass is 232 g/mol. The van der Waals surface area contributed by atoms with E-state index in [0.29, 0.717) is 12.6 Å². The van der Waals surface area contributed by atoms with Gasteiger partial charge < -0.3 is 9.73 Å². The average Bonchev–Trinajstić information content (AvgIpc) is 2.69. The first-order valence-electron chi connectivity index (χ1n) is 6.20. The first-order valence-corrected chi connectivity index (χ1v) is 6.20. The van der Waals surface area contributed by atoms with E-state index in [1.165, 1.54) is 5.56 Å². The second-order valence-corrected chi connectivity index (χ2v) is 4.73. The quantitative estimate of drug-likeness (QED) is 0.878. The Morgan fingerprint density at radius 1 is 1.35 bits per heavy atom. The molecule has 1 aromatic carbocycles. The van der Waals surface area contributed by atoms with Crippen LogP contribution in [0.4, 0.5) is 0 Å². The third kappa shape index (κ3) is 2.67. The standard InChI is InChI=1S/C14H20N2O/c1-5-11(4)15-8-13-16-12-7-9(2)6-10(3)14(12)17-13/h6-7,11,15H,5,8H2,1-4H3. The second kappa shape index (κ2) is 4.88. The van der Waals surface area contributed by atoms with Gasteiger partial charge in [-0.2, -0.15) is 0 Å². The summed E-state index contributed by atoms with van der Waals surface area (Å²) in [5.41, 5.74) is 4.26. The van der Waals surface area contributed by atoms with Crippen molar-refractivity contribution >= 4 is 11.1 Å². The summed E-state index contributed by atoms with van der Waals surface area (Å²) < 4.78 is 5.78. The molecule has 17 heavy (non-hydrogen) atoms. The van der Waals surface area contributed by atoms with E-state index >= 15 is 0 Å². The lowest BCUT2D eigenvalue weighted by molar-refractivity contribution is 0.454. The topological polar surface area (TPSA) is 38.1 Å². The van der Waals surface area contributed by atoms with Gasteiger partial charge in [0.15, 0.2) is 5.58 Å². The highest BCUT2D eigenvalue weighted by Crippen LogP contribution is 2.21. The Morgan fingerprint density at radius 2 is 2.12 bits per heavy atom. The molecule has 3 nitrogen and oxygen atoms in total. The van der Waals surface area contributed by atoms with Crippen LogP contribution >= 0.6 is 0 Å². The number of aryl methyl sites for hydroxylation is 2. The minimum atomic E-state index is 0.493. The fourth-order valence-corrected chi connectivity index (χ4v) is 1.90. The number of hydrogen-bond donors (Lipinski definition) is 1. The van der Waals surface area contributed by atoms with Crippen molar-refractivity contribution in [2.75, 3.05) is 0 Å². The summed E-state index contributed by atoms with van der Waals surface area (Å²) in [6.45, 7) is 9.17. The van der Waals surface area contributed by atoms with Crippen LogP contribution in [0.3, 0.4) is 0 Å². The lowest BCUT2D eigenvalue weighted by Crippen LogP contribution is -2.24. The number of rotatable bonds is 4. The Kier molecular flexibility index (Phi) is 3.48. The molecule has 2 aromatic rings. The molecule has 0 aliphatic rings. The first kappa shape index (κ1) is 12.1. The molecule has 0 amide bonds. The maximum atomic E-state index is 5.78. The summed E-state index contributed by atoms with van der Waals surface area (Å²) >= 11 is 0. The minimum absolute atomic E-state index is 0.493. The van der Waals surface area contributed by atoms with Gasteiger partial charge in [0.25, 0.3) is 0 Å². The number of nitrogens with zero attached hydrogens (tertiary/aromatic N) is 1. The van der Waals surface area contributed by atoms with Crippen molar-refractivity contribution in [3.05, 3.63) is 29.2 Å². The number of benzene rings is 1. The van der Waals surface area contributed by atoms with Gasteiger partial charge in [-0.05, 0) is 44.4 Å². The molecule has 0 saturated heterocycles.